The Kier molecular flexibility index (Phi) is 4.65. The lowest BCUT2D eigenvalue weighted by molar-refractivity contribution is -0.122. The average Bonchev–Trinajstić information content (AvgIpc) is 3.32. The molecule has 2 aliphatic carbocycles. The van der Waals surface area contributed by atoms with Gasteiger partial charge in [-0.15, -0.1) is 11.3 Å². The molecule has 0 spiro atoms. The van der Waals surface area contributed by atoms with Gasteiger partial charge in [-0.05, 0) is 37.0 Å². The maximum absolute atomic E-state index is 12.2. The van der Waals surface area contributed by atoms with Gasteiger partial charge in [-0.25, -0.2) is 4.98 Å². The van der Waals surface area contributed by atoms with Crippen LogP contribution in [0.25, 0.3) is 10.6 Å². The van der Waals surface area contributed by atoms with Gasteiger partial charge in [0.15, 0.2) is 0 Å². The predicted octanol–water partition coefficient (Wildman–Crippen LogP) is 4.30. The number of hydrogen-bond donors (Lipinski definition) is 1. The zero-order valence-corrected chi connectivity index (χ0v) is 14.7. The number of benzene rings is 1. The first kappa shape index (κ1) is 15.8. The van der Waals surface area contributed by atoms with Crippen molar-refractivity contribution >= 4 is 17.2 Å². The molecule has 1 amide bonds. The van der Waals surface area contributed by atoms with Crippen LogP contribution in [-0.4, -0.2) is 17.4 Å². The van der Waals surface area contributed by atoms with Crippen molar-refractivity contribution in [3.8, 4) is 10.6 Å². The molecule has 3 atom stereocenters. The summed E-state index contributed by atoms with van der Waals surface area (Å²) in [7, 11) is 0. The van der Waals surface area contributed by atoms with E-state index in [2.05, 4.69) is 27.8 Å². The third kappa shape index (κ3) is 3.54. The number of nitrogens with one attached hydrogen (secondary N) is 1. The Balaban J connectivity index is 1.23. The summed E-state index contributed by atoms with van der Waals surface area (Å²) in [5, 5.41) is 6.25. The van der Waals surface area contributed by atoms with Crippen LogP contribution in [0.3, 0.4) is 0 Å². The number of thiazole rings is 1. The number of carbonyl (C=O) groups is 1. The third-order valence-corrected chi connectivity index (χ3v) is 6.55. The monoisotopic (exact) mass is 340 g/mol. The summed E-state index contributed by atoms with van der Waals surface area (Å²) in [5.74, 6) is 2.62. The van der Waals surface area contributed by atoms with Crippen molar-refractivity contribution in [3.63, 3.8) is 0 Å². The minimum atomic E-state index is 0.228. The smallest absolute Gasteiger partial charge is 0.220 e. The van der Waals surface area contributed by atoms with Crippen LogP contribution in [-0.2, 0) is 11.2 Å². The van der Waals surface area contributed by atoms with Crippen molar-refractivity contribution in [2.24, 2.45) is 17.8 Å². The highest BCUT2D eigenvalue weighted by Crippen LogP contribution is 2.49. The van der Waals surface area contributed by atoms with Gasteiger partial charge >= 0.3 is 0 Å². The SMILES string of the molecule is O=C(CC1CC2CCC1C2)NCCc1csc(-c2ccccc2)n1. The fraction of sp³-hybridized carbons (Fsp3) is 0.500. The highest BCUT2D eigenvalue weighted by atomic mass is 32.1. The van der Waals surface area contributed by atoms with Crippen molar-refractivity contribution in [1.82, 2.24) is 10.3 Å². The van der Waals surface area contributed by atoms with E-state index in [9.17, 15) is 4.79 Å². The second-order valence-corrected chi connectivity index (χ2v) is 8.11. The zero-order chi connectivity index (χ0) is 16.4. The molecule has 1 aromatic heterocycles. The summed E-state index contributed by atoms with van der Waals surface area (Å²) in [4.78, 5) is 16.8. The summed E-state index contributed by atoms with van der Waals surface area (Å²) >= 11 is 1.67. The molecule has 126 valence electrons. The molecule has 0 aliphatic heterocycles. The number of hydrogen-bond acceptors (Lipinski definition) is 3. The summed E-state index contributed by atoms with van der Waals surface area (Å²) in [5.41, 5.74) is 2.23. The Morgan fingerprint density at radius 3 is 2.83 bits per heavy atom. The lowest BCUT2D eigenvalue weighted by atomic mass is 9.86. The summed E-state index contributed by atoms with van der Waals surface area (Å²) in [6, 6.07) is 10.3. The summed E-state index contributed by atoms with van der Waals surface area (Å²) < 4.78 is 0. The van der Waals surface area contributed by atoms with Crippen molar-refractivity contribution in [3.05, 3.63) is 41.4 Å². The number of nitrogens with zero attached hydrogens (tertiary/aromatic N) is 1. The van der Waals surface area contributed by atoms with Gasteiger partial charge in [-0.2, -0.15) is 0 Å². The van der Waals surface area contributed by atoms with E-state index in [-0.39, 0.29) is 5.91 Å². The van der Waals surface area contributed by atoms with E-state index < -0.39 is 0 Å². The van der Waals surface area contributed by atoms with Crippen molar-refractivity contribution < 1.29 is 4.79 Å². The molecule has 2 aliphatic rings. The normalized spacial score (nSPS) is 25.1. The molecule has 0 radical (unpaired) electrons. The van der Waals surface area contributed by atoms with Crippen LogP contribution in [0, 0.1) is 17.8 Å². The average molecular weight is 340 g/mol. The van der Waals surface area contributed by atoms with Gasteiger partial charge in [-0.1, -0.05) is 36.8 Å². The van der Waals surface area contributed by atoms with Gasteiger partial charge in [0.25, 0.3) is 0 Å². The molecule has 24 heavy (non-hydrogen) atoms. The quantitative estimate of drug-likeness (QED) is 0.852. The van der Waals surface area contributed by atoms with E-state index in [0.29, 0.717) is 12.5 Å². The number of rotatable bonds is 6. The minimum Gasteiger partial charge on any atom is -0.356 e. The molecule has 2 bridgehead atoms. The molecule has 2 fully saturated rings. The van der Waals surface area contributed by atoms with Gasteiger partial charge in [0, 0.05) is 30.3 Å². The van der Waals surface area contributed by atoms with Gasteiger partial charge < -0.3 is 5.32 Å². The van der Waals surface area contributed by atoms with E-state index in [1.54, 1.807) is 11.3 Å². The Hall–Kier alpha value is -1.68. The van der Waals surface area contributed by atoms with E-state index in [0.717, 1.165) is 40.9 Å². The topological polar surface area (TPSA) is 42.0 Å². The van der Waals surface area contributed by atoms with E-state index >= 15 is 0 Å². The second-order valence-electron chi connectivity index (χ2n) is 7.25. The van der Waals surface area contributed by atoms with E-state index in [1.807, 2.05) is 18.2 Å². The maximum atomic E-state index is 12.2. The number of carbonyl (C=O) groups excluding carboxylic acids is 1. The van der Waals surface area contributed by atoms with Gasteiger partial charge in [0.05, 0.1) is 5.69 Å². The molecule has 0 saturated heterocycles. The first-order valence-corrected chi connectivity index (χ1v) is 9.92. The van der Waals surface area contributed by atoms with Crippen molar-refractivity contribution in [2.75, 3.05) is 6.54 Å². The van der Waals surface area contributed by atoms with Crippen LogP contribution < -0.4 is 5.32 Å². The number of fused-ring (bicyclic) bond motifs is 2. The van der Waals surface area contributed by atoms with Crippen LogP contribution >= 0.6 is 11.3 Å². The minimum absolute atomic E-state index is 0.228. The van der Waals surface area contributed by atoms with Crippen LogP contribution in [0.2, 0.25) is 0 Å². The predicted molar refractivity (Wildman–Crippen MR) is 97.8 cm³/mol. The van der Waals surface area contributed by atoms with Crippen LogP contribution in [0.1, 0.15) is 37.8 Å². The van der Waals surface area contributed by atoms with Gasteiger partial charge in [0.1, 0.15) is 5.01 Å². The van der Waals surface area contributed by atoms with E-state index in [4.69, 9.17) is 0 Å². The van der Waals surface area contributed by atoms with Crippen LogP contribution in [0.5, 0.6) is 0 Å². The number of amides is 1. The molecule has 4 rings (SSSR count). The Morgan fingerprint density at radius 1 is 1.21 bits per heavy atom. The van der Waals surface area contributed by atoms with Gasteiger partial charge in [-0.3, -0.25) is 4.79 Å². The first-order chi connectivity index (χ1) is 11.8. The molecule has 3 nitrogen and oxygen atoms in total. The van der Waals surface area contributed by atoms with E-state index in [1.165, 1.54) is 25.7 Å². The molecule has 4 heteroatoms. The number of aromatic nitrogens is 1. The summed E-state index contributed by atoms with van der Waals surface area (Å²) in [6.07, 6.45) is 6.95. The molecule has 2 aromatic rings. The molecule has 3 unspecified atom stereocenters. The summed E-state index contributed by atoms with van der Waals surface area (Å²) in [6.45, 7) is 0.692. The Bertz CT molecular complexity index is 697. The largest absolute Gasteiger partial charge is 0.356 e. The molecule has 2 saturated carbocycles. The van der Waals surface area contributed by atoms with Crippen LogP contribution in [0.15, 0.2) is 35.7 Å². The fourth-order valence-electron chi connectivity index (χ4n) is 4.40. The molecule has 1 heterocycles. The lowest BCUT2D eigenvalue weighted by Gasteiger charge is -2.20. The van der Waals surface area contributed by atoms with Crippen molar-refractivity contribution in [2.45, 2.75) is 38.5 Å². The zero-order valence-electron chi connectivity index (χ0n) is 13.9. The Labute approximate surface area is 147 Å². The maximum Gasteiger partial charge on any atom is 0.220 e. The lowest BCUT2D eigenvalue weighted by Crippen LogP contribution is -2.29. The fourth-order valence-corrected chi connectivity index (χ4v) is 5.26. The van der Waals surface area contributed by atoms with Crippen molar-refractivity contribution in [1.29, 1.82) is 0 Å². The molecule has 1 aromatic carbocycles. The van der Waals surface area contributed by atoms with Crippen LogP contribution in [0.4, 0.5) is 0 Å². The molecular formula is C20H24N2OS. The molecular weight excluding hydrogens is 316 g/mol. The highest BCUT2D eigenvalue weighted by Gasteiger charge is 2.39. The molecule has 1 N–H and O–H groups in total. The standard InChI is InChI=1S/C20H24N2OS/c23-19(12-17-11-14-6-7-16(17)10-14)21-9-8-18-13-24-20(22-18)15-4-2-1-3-5-15/h1-5,13-14,16-17H,6-12H2,(H,21,23). The Morgan fingerprint density at radius 2 is 2.08 bits per heavy atom. The highest BCUT2D eigenvalue weighted by molar-refractivity contribution is 7.13. The first-order valence-electron chi connectivity index (χ1n) is 9.04. The van der Waals surface area contributed by atoms with Gasteiger partial charge in [0.2, 0.25) is 5.91 Å². The third-order valence-electron chi connectivity index (χ3n) is 5.61. The second kappa shape index (κ2) is 7.06.